The zero-order valence-electron chi connectivity index (χ0n) is 18.0. The topological polar surface area (TPSA) is 61.9 Å². The molecule has 0 radical (unpaired) electrons. The lowest BCUT2D eigenvalue weighted by molar-refractivity contribution is -0.132. The van der Waals surface area contributed by atoms with Gasteiger partial charge in [0, 0.05) is 74.9 Å². The lowest BCUT2D eigenvalue weighted by atomic mass is 10.1. The van der Waals surface area contributed by atoms with Crippen molar-refractivity contribution in [2.24, 2.45) is 5.92 Å². The first-order valence-corrected chi connectivity index (χ1v) is 11.5. The summed E-state index contributed by atoms with van der Waals surface area (Å²) in [4.78, 5) is 19.2. The average molecular weight is 420 g/mol. The molecule has 8 heteroatoms. The minimum absolute atomic E-state index is 0.304. The molecule has 5 heterocycles. The van der Waals surface area contributed by atoms with E-state index in [1.807, 2.05) is 21.8 Å². The second kappa shape index (κ2) is 7.37. The van der Waals surface area contributed by atoms with E-state index >= 15 is 0 Å². The number of amides is 1. The van der Waals surface area contributed by atoms with Crippen LogP contribution in [-0.2, 0) is 4.79 Å². The number of carbonyl (C=O) groups excluding carboxylic acids is 1. The molecule has 0 aromatic carbocycles. The van der Waals surface area contributed by atoms with Gasteiger partial charge in [0.05, 0.1) is 23.4 Å². The van der Waals surface area contributed by atoms with E-state index in [-0.39, 0.29) is 0 Å². The summed E-state index contributed by atoms with van der Waals surface area (Å²) in [6, 6.07) is 4.79. The van der Waals surface area contributed by atoms with Gasteiger partial charge in [-0.25, -0.2) is 4.52 Å². The SMILES string of the molecule is CCN1CC(n2cc(-c3cc4c(N5CCN(C(=O)C6CC6)CC5)ccnn4c3)cn2)C1. The summed E-state index contributed by atoms with van der Waals surface area (Å²) in [5.41, 5.74) is 4.56. The fourth-order valence-electron chi connectivity index (χ4n) is 4.84. The van der Waals surface area contributed by atoms with Crippen molar-refractivity contribution in [1.29, 1.82) is 0 Å². The number of likely N-dealkylation sites (N-methyl/N-ethyl adjacent to an activating group) is 1. The van der Waals surface area contributed by atoms with Crippen LogP contribution in [0, 0.1) is 5.92 Å². The predicted octanol–water partition coefficient (Wildman–Crippen LogP) is 2.13. The van der Waals surface area contributed by atoms with E-state index in [2.05, 4.69) is 56.1 Å². The molecule has 3 fully saturated rings. The van der Waals surface area contributed by atoms with Crippen LogP contribution >= 0.6 is 0 Å². The molecular formula is C23H29N7O. The maximum atomic E-state index is 12.4. The second-order valence-electron chi connectivity index (χ2n) is 9.08. The third kappa shape index (κ3) is 3.39. The van der Waals surface area contributed by atoms with Gasteiger partial charge in [-0.3, -0.25) is 14.4 Å². The van der Waals surface area contributed by atoms with Gasteiger partial charge in [-0.2, -0.15) is 10.2 Å². The van der Waals surface area contributed by atoms with Crippen LogP contribution in [0.1, 0.15) is 25.8 Å². The van der Waals surface area contributed by atoms with Crippen molar-refractivity contribution in [2.45, 2.75) is 25.8 Å². The van der Waals surface area contributed by atoms with Gasteiger partial charge >= 0.3 is 0 Å². The fourth-order valence-corrected chi connectivity index (χ4v) is 4.84. The van der Waals surface area contributed by atoms with Crippen LogP contribution < -0.4 is 4.90 Å². The number of likely N-dealkylation sites (tertiary alicyclic amines) is 1. The summed E-state index contributed by atoms with van der Waals surface area (Å²) in [7, 11) is 0. The van der Waals surface area contributed by atoms with Gasteiger partial charge in [-0.15, -0.1) is 0 Å². The quantitative estimate of drug-likeness (QED) is 0.634. The first-order chi connectivity index (χ1) is 15.2. The van der Waals surface area contributed by atoms with Crippen molar-refractivity contribution in [3.05, 3.63) is 36.9 Å². The smallest absolute Gasteiger partial charge is 0.225 e. The molecule has 8 nitrogen and oxygen atoms in total. The molecule has 0 N–H and O–H groups in total. The van der Waals surface area contributed by atoms with Gasteiger partial charge in [-0.1, -0.05) is 6.92 Å². The number of rotatable bonds is 5. The van der Waals surface area contributed by atoms with Crippen molar-refractivity contribution in [3.8, 4) is 11.1 Å². The standard InChI is InChI=1S/C23H29N7O/c1-2-26-15-20(16-26)29-14-19(12-25-29)18-11-22-21(5-6-24-30(22)13-18)27-7-9-28(10-8-27)23(31)17-3-4-17/h5-6,11-14,17,20H,2-4,7-10,15-16H2,1H3. The first kappa shape index (κ1) is 18.9. The third-order valence-electron chi connectivity index (χ3n) is 7.04. The van der Waals surface area contributed by atoms with Gasteiger partial charge in [0.1, 0.15) is 0 Å². The number of hydrogen-bond donors (Lipinski definition) is 0. The number of nitrogens with zero attached hydrogens (tertiary/aromatic N) is 7. The Morgan fingerprint density at radius 2 is 1.87 bits per heavy atom. The van der Waals surface area contributed by atoms with Gasteiger partial charge in [0.15, 0.2) is 0 Å². The highest BCUT2D eigenvalue weighted by atomic mass is 16.2. The lowest BCUT2D eigenvalue weighted by Gasteiger charge is -2.38. The largest absolute Gasteiger partial charge is 0.366 e. The molecule has 0 bridgehead atoms. The summed E-state index contributed by atoms with van der Waals surface area (Å²) in [5, 5.41) is 9.16. The first-order valence-electron chi connectivity index (χ1n) is 11.5. The lowest BCUT2D eigenvalue weighted by Crippen LogP contribution is -2.49. The maximum Gasteiger partial charge on any atom is 0.225 e. The maximum absolute atomic E-state index is 12.4. The summed E-state index contributed by atoms with van der Waals surface area (Å²) in [6.07, 6.45) is 10.2. The Labute approximate surface area is 182 Å². The summed E-state index contributed by atoms with van der Waals surface area (Å²) in [5.74, 6) is 0.660. The van der Waals surface area contributed by atoms with Crippen LogP contribution in [0.15, 0.2) is 36.9 Å². The fraction of sp³-hybridized carbons (Fsp3) is 0.522. The van der Waals surface area contributed by atoms with Crippen LogP contribution in [-0.4, -0.2) is 80.9 Å². The number of fused-ring (bicyclic) bond motifs is 1. The normalized spacial score (nSPS) is 20.4. The van der Waals surface area contributed by atoms with E-state index in [0.717, 1.165) is 75.3 Å². The molecule has 0 atom stereocenters. The molecule has 1 aliphatic carbocycles. The highest BCUT2D eigenvalue weighted by molar-refractivity contribution is 5.82. The molecule has 6 rings (SSSR count). The molecule has 2 saturated heterocycles. The van der Waals surface area contributed by atoms with Crippen molar-refractivity contribution >= 4 is 17.1 Å². The van der Waals surface area contributed by atoms with E-state index < -0.39 is 0 Å². The molecule has 3 aliphatic rings. The van der Waals surface area contributed by atoms with Gasteiger partial charge < -0.3 is 9.80 Å². The molecule has 31 heavy (non-hydrogen) atoms. The Morgan fingerprint density at radius 3 is 2.61 bits per heavy atom. The average Bonchev–Trinajstić information content (AvgIpc) is 3.34. The third-order valence-corrected chi connectivity index (χ3v) is 7.04. The van der Waals surface area contributed by atoms with Gasteiger partial charge in [0.2, 0.25) is 5.91 Å². The van der Waals surface area contributed by atoms with Crippen LogP contribution in [0.5, 0.6) is 0 Å². The van der Waals surface area contributed by atoms with Crippen LogP contribution in [0.4, 0.5) is 5.69 Å². The molecule has 1 amide bonds. The van der Waals surface area contributed by atoms with E-state index in [1.165, 1.54) is 5.69 Å². The van der Waals surface area contributed by atoms with E-state index in [4.69, 9.17) is 0 Å². The molecule has 3 aromatic heterocycles. The molecule has 2 aliphatic heterocycles. The number of carbonyl (C=O) groups is 1. The van der Waals surface area contributed by atoms with Gasteiger partial charge in [-0.05, 0) is 31.5 Å². The predicted molar refractivity (Wildman–Crippen MR) is 119 cm³/mol. The molecule has 0 spiro atoms. The van der Waals surface area contributed by atoms with Crippen LogP contribution in [0.3, 0.4) is 0 Å². The molecule has 162 valence electrons. The zero-order valence-corrected chi connectivity index (χ0v) is 18.0. The summed E-state index contributed by atoms with van der Waals surface area (Å²) in [6.45, 7) is 8.81. The van der Waals surface area contributed by atoms with Crippen molar-refractivity contribution in [1.82, 2.24) is 29.2 Å². The minimum atomic E-state index is 0.304. The van der Waals surface area contributed by atoms with Crippen LogP contribution in [0.2, 0.25) is 0 Å². The van der Waals surface area contributed by atoms with E-state index in [0.29, 0.717) is 17.9 Å². The number of piperazine rings is 1. The Balaban J connectivity index is 1.21. The van der Waals surface area contributed by atoms with E-state index in [1.54, 1.807) is 0 Å². The molecular weight excluding hydrogens is 390 g/mol. The highest BCUT2D eigenvalue weighted by Gasteiger charge is 2.34. The number of hydrogen-bond acceptors (Lipinski definition) is 5. The minimum Gasteiger partial charge on any atom is -0.366 e. The van der Waals surface area contributed by atoms with Crippen molar-refractivity contribution in [2.75, 3.05) is 50.7 Å². The van der Waals surface area contributed by atoms with Crippen molar-refractivity contribution in [3.63, 3.8) is 0 Å². The molecule has 1 saturated carbocycles. The zero-order chi connectivity index (χ0) is 20.9. The molecule has 0 unspecified atom stereocenters. The van der Waals surface area contributed by atoms with Gasteiger partial charge in [0.25, 0.3) is 0 Å². The monoisotopic (exact) mass is 419 g/mol. The van der Waals surface area contributed by atoms with E-state index in [9.17, 15) is 4.79 Å². The Kier molecular flexibility index (Phi) is 4.49. The highest BCUT2D eigenvalue weighted by Crippen LogP contribution is 2.33. The summed E-state index contributed by atoms with van der Waals surface area (Å²) >= 11 is 0. The number of anilines is 1. The Bertz CT molecular complexity index is 1100. The molecule has 3 aromatic rings. The Morgan fingerprint density at radius 1 is 1.06 bits per heavy atom. The summed E-state index contributed by atoms with van der Waals surface area (Å²) < 4.78 is 4.07. The van der Waals surface area contributed by atoms with Crippen molar-refractivity contribution < 1.29 is 4.79 Å². The number of aromatic nitrogens is 4. The van der Waals surface area contributed by atoms with Crippen LogP contribution in [0.25, 0.3) is 16.6 Å². The second-order valence-corrected chi connectivity index (χ2v) is 9.08. The Hall–Kier alpha value is -2.87.